The third-order valence-electron chi connectivity index (χ3n) is 6.27. The molecule has 8 heteroatoms. The minimum absolute atomic E-state index is 0. The summed E-state index contributed by atoms with van der Waals surface area (Å²) in [7, 11) is 1.79. The van der Waals surface area contributed by atoms with Crippen LogP contribution in [0, 0.1) is 13.8 Å². The molecule has 0 saturated carbocycles. The highest BCUT2D eigenvalue weighted by atomic mass is 127. The molecule has 0 bridgehead atoms. The van der Waals surface area contributed by atoms with Gasteiger partial charge in [-0.15, -0.1) is 35.3 Å². The fraction of sp³-hybridized carbons (Fsp3) is 0.478. The minimum Gasteiger partial charge on any atom is -0.368 e. The Kier molecular flexibility index (Phi) is 8.21. The van der Waals surface area contributed by atoms with Crippen molar-refractivity contribution in [3.63, 3.8) is 0 Å². The van der Waals surface area contributed by atoms with Crippen molar-refractivity contribution in [3.8, 4) is 0 Å². The van der Waals surface area contributed by atoms with Crippen LogP contribution in [0.5, 0.6) is 0 Å². The number of nitrogens with one attached hydrogen (secondary N) is 1. The third kappa shape index (κ3) is 5.34. The van der Waals surface area contributed by atoms with Gasteiger partial charge in [0.2, 0.25) is 5.91 Å². The first-order valence-corrected chi connectivity index (χ1v) is 11.5. The van der Waals surface area contributed by atoms with Crippen molar-refractivity contribution in [1.29, 1.82) is 0 Å². The van der Waals surface area contributed by atoms with E-state index in [1.54, 1.807) is 18.4 Å². The van der Waals surface area contributed by atoms with Crippen LogP contribution in [0.15, 0.2) is 34.6 Å². The SMILES string of the molecule is CN=C(NCC(=O)N1CCc2sccc2C1)N1CCN(c2cccc(C)c2C)CC1.I. The van der Waals surface area contributed by atoms with Crippen molar-refractivity contribution in [3.05, 3.63) is 51.2 Å². The van der Waals surface area contributed by atoms with E-state index in [1.165, 1.54) is 27.3 Å². The molecule has 0 aliphatic carbocycles. The Labute approximate surface area is 206 Å². The molecule has 3 heterocycles. The molecule has 31 heavy (non-hydrogen) atoms. The summed E-state index contributed by atoms with van der Waals surface area (Å²) in [5, 5.41) is 5.42. The van der Waals surface area contributed by atoms with Gasteiger partial charge in [0.05, 0.1) is 6.54 Å². The number of carbonyl (C=O) groups is 1. The predicted molar refractivity (Wildman–Crippen MR) is 140 cm³/mol. The Morgan fingerprint density at radius 1 is 1.10 bits per heavy atom. The van der Waals surface area contributed by atoms with Gasteiger partial charge >= 0.3 is 0 Å². The summed E-state index contributed by atoms with van der Waals surface area (Å²) in [5.41, 5.74) is 5.31. The molecular formula is C23H32IN5OS. The lowest BCUT2D eigenvalue weighted by Crippen LogP contribution is -2.54. The molecule has 1 N–H and O–H groups in total. The van der Waals surface area contributed by atoms with Crippen LogP contribution in [0.1, 0.15) is 21.6 Å². The first-order valence-electron chi connectivity index (χ1n) is 10.7. The van der Waals surface area contributed by atoms with Gasteiger partial charge in [-0.05, 0) is 54.5 Å². The topological polar surface area (TPSA) is 51.2 Å². The second-order valence-corrected chi connectivity index (χ2v) is 9.03. The summed E-state index contributed by atoms with van der Waals surface area (Å²) in [5.74, 6) is 0.958. The second kappa shape index (κ2) is 10.7. The van der Waals surface area contributed by atoms with E-state index >= 15 is 0 Å². The van der Waals surface area contributed by atoms with E-state index in [0.29, 0.717) is 6.54 Å². The lowest BCUT2D eigenvalue weighted by atomic mass is 10.1. The molecular weight excluding hydrogens is 521 g/mol. The number of thiophene rings is 1. The number of benzene rings is 1. The van der Waals surface area contributed by atoms with Crippen molar-refractivity contribution >= 4 is 52.9 Å². The van der Waals surface area contributed by atoms with E-state index in [0.717, 1.165) is 51.6 Å². The highest BCUT2D eigenvalue weighted by molar-refractivity contribution is 14.0. The molecule has 2 aliphatic rings. The predicted octanol–water partition coefficient (Wildman–Crippen LogP) is 3.27. The zero-order valence-corrected chi connectivity index (χ0v) is 21.7. The maximum Gasteiger partial charge on any atom is 0.242 e. The first-order chi connectivity index (χ1) is 14.6. The number of guanidine groups is 1. The number of carbonyl (C=O) groups excluding carboxylic acids is 1. The molecule has 2 aliphatic heterocycles. The molecule has 0 unspecified atom stereocenters. The van der Waals surface area contributed by atoms with E-state index in [1.807, 2.05) is 4.90 Å². The van der Waals surface area contributed by atoms with E-state index in [2.05, 4.69) is 63.6 Å². The molecule has 1 fully saturated rings. The van der Waals surface area contributed by atoms with Crippen molar-refractivity contribution in [2.75, 3.05) is 51.2 Å². The van der Waals surface area contributed by atoms with Crippen LogP contribution >= 0.6 is 35.3 Å². The summed E-state index contributed by atoms with van der Waals surface area (Å²) in [4.78, 5) is 25.2. The largest absolute Gasteiger partial charge is 0.368 e. The average Bonchev–Trinajstić information content (AvgIpc) is 3.24. The van der Waals surface area contributed by atoms with Gasteiger partial charge in [0, 0.05) is 56.9 Å². The number of anilines is 1. The Balaban J connectivity index is 0.00000272. The van der Waals surface area contributed by atoms with E-state index in [9.17, 15) is 4.79 Å². The summed E-state index contributed by atoms with van der Waals surface area (Å²) < 4.78 is 0. The van der Waals surface area contributed by atoms with Gasteiger partial charge in [-0.1, -0.05) is 12.1 Å². The highest BCUT2D eigenvalue weighted by Crippen LogP contribution is 2.25. The molecule has 1 aromatic heterocycles. The number of amides is 1. The fourth-order valence-electron chi connectivity index (χ4n) is 4.30. The summed E-state index contributed by atoms with van der Waals surface area (Å²) in [6.45, 7) is 9.88. The van der Waals surface area contributed by atoms with Crippen molar-refractivity contribution < 1.29 is 4.79 Å². The van der Waals surface area contributed by atoms with Crippen LogP contribution < -0.4 is 10.2 Å². The maximum atomic E-state index is 12.7. The fourth-order valence-corrected chi connectivity index (χ4v) is 5.19. The van der Waals surface area contributed by atoms with E-state index in [-0.39, 0.29) is 29.9 Å². The van der Waals surface area contributed by atoms with Gasteiger partial charge in [-0.3, -0.25) is 9.79 Å². The van der Waals surface area contributed by atoms with Gasteiger partial charge in [0.15, 0.2) is 5.96 Å². The number of aryl methyl sites for hydroxylation is 1. The lowest BCUT2D eigenvalue weighted by Gasteiger charge is -2.38. The van der Waals surface area contributed by atoms with Gasteiger partial charge in [-0.25, -0.2) is 0 Å². The van der Waals surface area contributed by atoms with E-state index in [4.69, 9.17) is 0 Å². The molecule has 6 nitrogen and oxygen atoms in total. The van der Waals surface area contributed by atoms with Crippen LogP contribution in [-0.2, 0) is 17.8 Å². The maximum absolute atomic E-state index is 12.7. The number of fused-ring (bicyclic) bond motifs is 1. The molecule has 0 radical (unpaired) electrons. The molecule has 0 atom stereocenters. The number of piperazine rings is 1. The summed E-state index contributed by atoms with van der Waals surface area (Å²) in [6.07, 6.45) is 0.966. The van der Waals surface area contributed by atoms with Crippen LogP contribution in [0.3, 0.4) is 0 Å². The Morgan fingerprint density at radius 2 is 1.87 bits per heavy atom. The number of rotatable bonds is 3. The number of halogens is 1. The number of hydrogen-bond donors (Lipinski definition) is 1. The summed E-state index contributed by atoms with van der Waals surface area (Å²) in [6, 6.07) is 8.65. The molecule has 1 aromatic carbocycles. The van der Waals surface area contributed by atoms with Crippen LogP contribution in [-0.4, -0.2) is 68.0 Å². The highest BCUT2D eigenvalue weighted by Gasteiger charge is 2.24. The van der Waals surface area contributed by atoms with Crippen LogP contribution in [0.2, 0.25) is 0 Å². The van der Waals surface area contributed by atoms with Gasteiger partial charge in [0.1, 0.15) is 0 Å². The second-order valence-electron chi connectivity index (χ2n) is 8.03. The molecule has 1 saturated heterocycles. The monoisotopic (exact) mass is 553 g/mol. The average molecular weight is 554 g/mol. The van der Waals surface area contributed by atoms with Gasteiger partial charge in [-0.2, -0.15) is 0 Å². The van der Waals surface area contributed by atoms with Gasteiger partial charge in [0.25, 0.3) is 0 Å². The molecule has 0 spiro atoms. The molecule has 4 rings (SSSR count). The van der Waals surface area contributed by atoms with Gasteiger partial charge < -0.3 is 20.0 Å². The number of nitrogens with zero attached hydrogens (tertiary/aromatic N) is 4. The quantitative estimate of drug-likeness (QED) is 0.360. The lowest BCUT2D eigenvalue weighted by molar-refractivity contribution is -0.130. The summed E-state index contributed by atoms with van der Waals surface area (Å²) >= 11 is 1.80. The van der Waals surface area contributed by atoms with E-state index < -0.39 is 0 Å². The Hall–Kier alpha value is -1.81. The first kappa shape index (κ1) is 23.8. The minimum atomic E-state index is 0. The Bertz CT molecular complexity index is 936. The molecule has 2 aromatic rings. The normalized spacial score (nSPS) is 16.6. The molecule has 168 valence electrons. The zero-order valence-electron chi connectivity index (χ0n) is 18.6. The van der Waals surface area contributed by atoms with Crippen molar-refractivity contribution in [2.45, 2.75) is 26.8 Å². The van der Waals surface area contributed by atoms with Crippen LogP contribution in [0.4, 0.5) is 5.69 Å². The smallest absolute Gasteiger partial charge is 0.242 e. The van der Waals surface area contributed by atoms with Crippen LogP contribution in [0.25, 0.3) is 0 Å². The standard InChI is InChI=1S/C23H31N5OS.HI/c1-17-5-4-6-20(18(17)2)26-10-12-27(13-11-26)23(24-3)25-15-22(29)28-9-7-21-19(16-28)8-14-30-21;/h4-6,8,14H,7,9-13,15-16H2,1-3H3,(H,24,25);1H. The van der Waals surface area contributed by atoms with Crippen molar-refractivity contribution in [1.82, 2.24) is 15.1 Å². The number of aliphatic imine (C=N–C) groups is 1. The molecule has 1 amide bonds. The third-order valence-corrected chi connectivity index (χ3v) is 7.29. The zero-order chi connectivity index (χ0) is 21.1. The van der Waals surface area contributed by atoms with Crippen molar-refractivity contribution in [2.24, 2.45) is 4.99 Å². The Morgan fingerprint density at radius 3 is 2.61 bits per heavy atom. The number of hydrogen-bond acceptors (Lipinski definition) is 4.